The highest BCUT2D eigenvalue weighted by molar-refractivity contribution is 5.72. The summed E-state index contributed by atoms with van der Waals surface area (Å²) < 4.78 is 0. The fraction of sp³-hybridized carbons (Fsp3) is 0.800. The Morgan fingerprint density at radius 1 is 1.80 bits per heavy atom. The summed E-state index contributed by atoms with van der Waals surface area (Å²) in [5.74, 6) is 4.84. The van der Waals surface area contributed by atoms with Gasteiger partial charge in [-0.2, -0.15) is 0 Å². The van der Waals surface area contributed by atoms with Gasteiger partial charge in [0.15, 0.2) is 0 Å². The fourth-order valence-corrected chi connectivity index (χ4v) is 0.520. The zero-order chi connectivity index (χ0) is 7.98. The van der Waals surface area contributed by atoms with E-state index in [-0.39, 0.29) is 12.6 Å². The first-order chi connectivity index (χ1) is 4.72. The second-order valence-corrected chi connectivity index (χ2v) is 1.95. The van der Waals surface area contributed by atoms with E-state index in [1.165, 1.54) is 4.90 Å². The number of hydrogen-bond donors (Lipinski definition) is 3. The Morgan fingerprint density at radius 2 is 2.40 bits per heavy atom. The predicted octanol–water partition coefficient (Wildman–Crippen LogP) is -1.12. The molecule has 10 heavy (non-hydrogen) atoms. The first kappa shape index (κ1) is 9.19. The molecular formula is C5H13N3O2. The van der Waals surface area contributed by atoms with Crippen molar-refractivity contribution in [3.05, 3.63) is 0 Å². The maximum atomic E-state index is 10.6. The lowest BCUT2D eigenvalue weighted by atomic mass is 10.4. The first-order valence-corrected chi connectivity index (χ1v) is 3.05. The van der Waals surface area contributed by atoms with Crippen LogP contribution in [0.2, 0.25) is 0 Å². The molecule has 0 unspecified atom stereocenters. The highest BCUT2D eigenvalue weighted by Gasteiger charge is 2.03. The van der Waals surface area contributed by atoms with Crippen molar-refractivity contribution in [2.75, 3.05) is 20.2 Å². The molecule has 0 aromatic rings. The lowest BCUT2D eigenvalue weighted by molar-refractivity contribution is 0.201. The Balaban J connectivity index is 3.41. The van der Waals surface area contributed by atoms with Crippen LogP contribution in [-0.2, 0) is 0 Å². The number of carbonyl (C=O) groups is 1. The molecule has 0 aliphatic heterocycles. The summed E-state index contributed by atoms with van der Waals surface area (Å²) in [5.41, 5.74) is 1.98. The number of urea groups is 1. The maximum absolute atomic E-state index is 10.6. The summed E-state index contributed by atoms with van der Waals surface area (Å²) in [5, 5.41) is 8.38. The summed E-state index contributed by atoms with van der Waals surface area (Å²) in [6.07, 6.45) is 0.573. The van der Waals surface area contributed by atoms with Crippen LogP contribution in [0.15, 0.2) is 0 Å². The van der Waals surface area contributed by atoms with Gasteiger partial charge in [-0.05, 0) is 6.42 Å². The van der Waals surface area contributed by atoms with Gasteiger partial charge in [0, 0.05) is 20.2 Å². The predicted molar refractivity (Wildman–Crippen MR) is 37.1 cm³/mol. The summed E-state index contributed by atoms with van der Waals surface area (Å²) in [7, 11) is 1.61. The molecule has 0 aromatic heterocycles. The Morgan fingerprint density at radius 3 is 2.80 bits per heavy atom. The van der Waals surface area contributed by atoms with Crippen molar-refractivity contribution >= 4 is 6.03 Å². The van der Waals surface area contributed by atoms with Crippen LogP contribution in [0, 0.1) is 0 Å². The summed E-state index contributed by atoms with van der Waals surface area (Å²) in [6, 6.07) is -0.339. The van der Waals surface area contributed by atoms with Crippen molar-refractivity contribution in [2.45, 2.75) is 6.42 Å². The zero-order valence-electron chi connectivity index (χ0n) is 6.00. The molecule has 0 radical (unpaired) electrons. The number of amides is 2. The molecule has 0 rings (SSSR count). The molecule has 0 fully saturated rings. The lowest BCUT2D eigenvalue weighted by Crippen LogP contribution is -2.41. The molecule has 0 saturated carbocycles. The van der Waals surface area contributed by atoms with Gasteiger partial charge >= 0.3 is 6.03 Å². The molecule has 5 nitrogen and oxygen atoms in total. The van der Waals surface area contributed by atoms with Crippen LogP contribution in [-0.4, -0.2) is 36.2 Å². The quantitative estimate of drug-likeness (QED) is 0.269. The van der Waals surface area contributed by atoms with Crippen LogP contribution >= 0.6 is 0 Å². The molecular weight excluding hydrogens is 134 g/mol. The number of nitrogens with two attached hydrogens (primary N) is 1. The first-order valence-electron chi connectivity index (χ1n) is 3.05. The topological polar surface area (TPSA) is 78.6 Å². The van der Waals surface area contributed by atoms with Crippen molar-refractivity contribution in [2.24, 2.45) is 5.84 Å². The lowest BCUT2D eigenvalue weighted by Gasteiger charge is -2.14. The average molecular weight is 147 g/mol. The highest BCUT2D eigenvalue weighted by atomic mass is 16.3. The third-order valence-electron chi connectivity index (χ3n) is 1.12. The number of nitrogens with zero attached hydrogens (tertiary/aromatic N) is 1. The van der Waals surface area contributed by atoms with E-state index in [2.05, 4.69) is 0 Å². The van der Waals surface area contributed by atoms with E-state index in [4.69, 9.17) is 10.9 Å². The molecule has 0 aliphatic carbocycles. The number of aliphatic hydroxyl groups is 1. The highest BCUT2D eigenvalue weighted by Crippen LogP contribution is 1.85. The van der Waals surface area contributed by atoms with Crippen LogP contribution in [0.25, 0.3) is 0 Å². The molecule has 0 bridgehead atoms. The standard InChI is InChI=1S/C5H13N3O2/c1-8(3-2-4-9)5(10)7-6/h9H,2-4,6H2,1H3,(H,7,10). The summed E-state index contributed by atoms with van der Waals surface area (Å²) in [4.78, 5) is 12.0. The van der Waals surface area contributed by atoms with Gasteiger partial charge in [-0.3, -0.25) is 5.43 Å². The van der Waals surface area contributed by atoms with Crippen LogP contribution in [0.1, 0.15) is 6.42 Å². The Hall–Kier alpha value is -0.810. The van der Waals surface area contributed by atoms with E-state index in [9.17, 15) is 4.79 Å². The molecule has 4 N–H and O–H groups in total. The second-order valence-electron chi connectivity index (χ2n) is 1.95. The van der Waals surface area contributed by atoms with Gasteiger partial charge in [0.2, 0.25) is 0 Å². The Kier molecular flexibility index (Phi) is 4.61. The summed E-state index contributed by atoms with van der Waals surface area (Å²) >= 11 is 0. The SMILES string of the molecule is CN(CCCO)C(=O)NN. The van der Waals surface area contributed by atoms with Gasteiger partial charge in [-0.1, -0.05) is 0 Å². The molecule has 0 aliphatic rings. The molecule has 60 valence electrons. The largest absolute Gasteiger partial charge is 0.396 e. The number of nitrogens with one attached hydrogen (secondary N) is 1. The maximum Gasteiger partial charge on any atom is 0.331 e. The minimum atomic E-state index is -0.339. The fourth-order valence-electron chi connectivity index (χ4n) is 0.520. The minimum Gasteiger partial charge on any atom is -0.396 e. The van der Waals surface area contributed by atoms with Crippen molar-refractivity contribution in [3.8, 4) is 0 Å². The van der Waals surface area contributed by atoms with E-state index in [0.29, 0.717) is 13.0 Å². The molecule has 0 aromatic carbocycles. The molecule has 0 saturated heterocycles. The number of hydrogen-bond acceptors (Lipinski definition) is 3. The molecule has 0 heterocycles. The van der Waals surface area contributed by atoms with Crippen LogP contribution in [0.4, 0.5) is 4.79 Å². The van der Waals surface area contributed by atoms with Gasteiger partial charge in [-0.15, -0.1) is 0 Å². The van der Waals surface area contributed by atoms with E-state index in [1.54, 1.807) is 7.05 Å². The van der Waals surface area contributed by atoms with Crippen LogP contribution in [0.3, 0.4) is 0 Å². The van der Waals surface area contributed by atoms with Gasteiger partial charge in [0.25, 0.3) is 0 Å². The van der Waals surface area contributed by atoms with Crippen molar-refractivity contribution in [3.63, 3.8) is 0 Å². The number of hydrazine groups is 1. The summed E-state index contributed by atoms with van der Waals surface area (Å²) in [6.45, 7) is 0.599. The smallest absolute Gasteiger partial charge is 0.331 e. The van der Waals surface area contributed by atoms with Crippen molar-refractivity contribution < 1.29 is 9.90 Å². The zero-order valence-corrected chi connectivity index (χ0v) is 6.00. The third kappa shape index (κ3) is 3.26. The van der Waals surface area contributed by atoms with Crippen molar-refractivity contribution in [1.82, 2.24) is 10.3 Å². The molecule has 2 amide bonds. The van der Waals surface area contributed by atoms with E-state index in [1.807, 2.05) is 5.43 Å². The number of rotatable bonds is 3. The van der Waals surface area contributed by atoms with Crippen LogP contribution < -0.4 is 11.3 Å². The molecule has 0 spiro atoms. The van der Waals surface area contributed by atoms with Crippen LogP contribution in [0.5, 0.6) is 0 Å². The Labute approximate surface area is 59.8 Å². The van der Waals surface area contributed by atoms with Gasteiger partial charge in [-0.25, -0.2) is 10.6 Å². The van der Waals surface area contributed by atoms with Gasteiger partial charge < -0.3 is 10.0 Å². The number of aliphatic hydroxyl groups excluding tert-OH is 1. The van der Waals surface area contributed by atoms with E-state index < -0.39 is 0 Å². The number of carbonyl (C=O) groups excluding carboxylic acids is 1. The molecule has 5 heteroatoms. The molecule has 0 atom stereocenters. The Bertz CT molecular complexity index is 107. The van der Waals surface area contributed by atoms with Crippen molar-refractivity contribution in [1.29, 1.82) is 0 Å². The van der Waals surface area contributed by atoms with E-state index >= 15 is 0 Å². The second kappa shape index (κ2) is 5.01. The monoisotopic (exact) mass is 147 g/mol. The average Bonchev–Trinajstić information content (AvgIpc) is 1.98. The van der Waals surface area contributed by atoms with Gasteiger partial charge in [0.1, 0.15) is 0 Å². The van der Waals surface area contributed by atoms with Gasteiger partial charge in [0.05, 0.1) is 0 Å². The third-order valence-corrected chi connectivity index (χ3v) is 1.12. The normalized spacial score (nSPS) is 9.10. The minimum absolute atomic E-state index is 0.0855. The van der Waals surface area contributed by atoms with E-state index in [0.717, 1.165) is 0 Å².